The number of hydrogen-bond acceptors (Lipinski definition) is 5. The Bertz CT molecular complexity index is 809. The maximum Gasteiger partial charge on any atom is 0.358 e. The Hall–Kier alpha value is -1.79. The summed E-state index contributed by atoms with van der Waals surface area (Å²) in [6.45, 7) is 2.09. The molecule has 20 heavy (non-hydrogen) atoms. The highest BCUT2D eigenvalue weighted by Gasteiger charge is 2.17. The van der Waals surface area contributed by atoms with E-state index in [1.165, 1.54) is 11.3 Å². The number of carbonyl (C=O) groups excluding carboxylic acids is 1. The Morgan fingerprint density at radius 3 is 3.00 bits per heavy atom. The van der Waals surface area contributed by atoms with Gasteiger partial charge in [0.2, 0.25) is 0 Å². The summed E-state index contributed by atoms with van der Waals surface area (Å²) in [5.74, 6) is 0.204. The molecule has 5 nitrogen and oxygen atoms in total. The molecular formula is C13H11ClN2O3S. The molecule has 2 heterocycles. The van der Waals surface area contributed by atoms with E-state index in [-0.39, 0.29) is 0 Å². The Balaban J connectivity index is 2.20. The van der Waals surface area contributed by atoms with E-state index in [1.54, 1.807) is 26.3 Å². The van der Waals surface area contributed by atoms with Gasteiger partial charge in [0.05, 0.1) is 29.0 Å². The summed E-state index contributed by atoms with van der Waals surface area (Å²) in [4.78, 5) is 16.7. The maximum absolute atomic E-state index is 11.7. The number of carbonyl (C=O) groups is 1. The minimum atomic E-state index is -0.419. The zero-order valence-corrected chi connectivity index (χ0v) is 12.4. The van der Waals surface area contributed by atoms with Crippen LogP contribution in [0.15, 0.2) is 18.3 Å². The molecule has 0 saturated carbocycles. The summed E-state index contributed by atoms with van der Waals surface area (Å²) < 4.78 is 13.0. The molecule has 104 valence electrons. The van der Waals surface area contributed by atoms with Gasteiger partial charge in [0.25, 0.3) is 0 Å². The molecule has 0 bridgehead atoms. The number of esters is 1. The van der Waals surface area contributed by atoms with Gasteiger partial charge >= 0.3 is 5.97 Å². The highest BCUT2D eigenvalue weighted by atomic mass is 35.5. The molecule has 7 heteroatoms. The number of methoxy groups -OCH3 is 1. The van der Waals surface area contributed by atoms with Crippen molar-refractivity contribution in [3.05, 3.63) is 29.0 Å². The number of ether oxygens (including phenoxy) is 2. The minimum Gasteiger partial charge on any atom is -0.494 e. The number of hydrogen-bond donors (Lipinski definition) is 0. The second-order valence-electron chi connectivity index (χ2n) is 4.03. The Morgan fingerprint density at radius 1 is 1.50 bits per heavy atom. The lowest BCUT2D eigenvalue weighted by atomic mass is 10.3. The molecule has 0 radical (unpaired) electrons. The van der Waals surface area contributed by atoms with E-state index in [0.29, 0.717) is 28.0 Å². The summed E-state index contributed by atoms with van der Waals surface area (Å²) in [6, 6.07) is 3.64. The summed E-state index contributed by atoms with van der Waals surface area (Å²) >= 11 is 7.52. The van der Waals surface area contributed by atoms with Crippen molar-refractivity contribution in [2.24, 2.45) is 0 Å². The van der Waals surface area contributed by atoms with Crippen LogP contribution in [0, 0.1) is 0 Å². The third kappa shape index (κ3) is 1.92. The number of halogens is 1. The number of nitrogens with zero attached hydrogens (tertiary/aromatic N) is 2. The summed E-state index contributed by atoms with van der Waals surface area (Å²) in [7, 11) is 1.58. The van der Waals surface area contributed by atoms with Gasteiger partial charge in [-0.15, -0.1) is 0 Å². The molecule has 0 N–H and O–H groups in total. The quantitative estimate of drug-likeness (QED) is 0.696. The van der Waals surface area contributed by atoms with Crippen LogP contribution in [0.5, 0.6) is 5.75 Å². The van der Waals surface area contributed by atoms with Crippen molar-refractivity contribution < 1.29 is 14.3 Å². The average molecular weight is 311 g/mol. The zero-order valence-electron chi connectivity index (χ0n) is 10.8. The zero-order chi connectivity index (χ0) is 14.3. The number of thiazole rings is 1. The lowest BCUT2D eigenvalue weighted by Crippen LogP contribution is -2.04. The van der Waals surface area contributed by atoms with Crippen LogP contribution < -0.4 is 4.74 Å². The van der Waals surface area contributed by atoms with Crippen LogP contribution in [0.2, 0.25) is 5.02 Å². The standard InChI is InChI=1S/C13H11ClN2O3S/c1-3-19-12(17)8-6-16-9-5-4-7(14)10(18-2)11(9)20-13(16)15-8/h4-6H,3H2,1-2H3. The van der Waals surface area contributed by atoms with Gasteiger partial charge < -0.3 is 9.47 Å². The monoisotopic (exact) mass is 310 g/mol. The highest BCUT2D eigenvalue weighted by molar-refractivity contribution is 7.24. The Kier molecular flexibility index (Phi) is 3.27. The van der Waals surface area contributed by atoms with Crippen LogP contribution in [0.3, 0.4) is 0 Å². The molecule has 0 aliphatic rings. The lowest BCUT2D eigenvalue weighted by Gasteiger charge is -2.03. The first-order valence-electron chi connectivity index (χ1n) is 5.97. The molecule has 3 aromatic rings. The topological polar surface area (TPSA) is 52.8 Å². The number of aromatic nitrogens is 2. The third-order valence-electron chi connectivity index (χ3n) is 2.86. The van der Waals surface area contributed by atoms with Gasteiger partial charge in [-0.1, -0.05) is 22.9 Å². The second-order valence-corrected chi connectivity index (χ2v) is 5.41. The van der Waals surface area contributed by atoms with Gasteiger partial charge in [0, 0.05) is 6.20 Å². The summed E-state index contributed by atoms with van der Waals surface area (Å²) in [5, 5.41) is 0.551. The first kappa shape index (κ1) is 13.2. The van der Waals surface area contributed by atoms with Crippen LogP contribution in [-0.4, -0.2) is 29.1 Å². The van der Waals surface area contributed by atoms with Crippen LogP contribution in [0.4, 0.5) is 0 Å². The van der Waals surface area contributed by atoms with Gasteiger partial charge in [0.1, 0.15) is 0 Å². The second kappa shape index (κ2) is 4.96. The molecule has 0 atom stereocenters. The fourth-order valence-electron chi connectivity index (χ4n) is 2.01. The average Bonchev–Trinajstić information content (AvgIpc) is 2.96. The molecule has 1 aromatic carbocycles. The van der Waals surface area contributed by atoms with Gasteiger partial charge in [-0.25, -0.2) is 9.78 Å². The van der Waals surface area contributed by atoms with E-state index in [4.69, 9.17) is 21.1 Å². The number of rotatable bonds is 3. The lowest BCUT2D eigenvalue weighted by molar-refractivity contribution is 0.0520. The number of benzene rings is 1. The van der Waals surface area contributed by atoms with Gasteiger partial charge in [0.15, 0.2) is 16.4 Å². The molecule has 0 amide bonds. The Morgan fingerprint density at radius 2 is 2.30 bits per heavy atom. The van der Waals surface area contributed by atoms with Crippen molar-refractivity contribution in [1.29, 1.82) is 0 Å². The van der Waals surface area contributed by atoms with Crippen molar-refractivity contribution in [2.45, 2.75) is 6.92 Å². The smallest absolute Gasteiger partial charge is 0.358 e. The van der Waals surface area contributed by atoms with Crippen LogP contribution in [0.1, 0.15) is 17.4 Å². The summed E-state index contributed by atoms with van der Waals surface area (Å²) in [5.41, 5.74) is 1.20. The van der Waals surface area contributed by atoms with Gasteiger partial charge in [-0.05, 0) is 19.1 Å². The van der Waals surface area contributed by atoms with E-state index in [9.17, 15) is 4.79 Å². The van der Waals surface area contributed by atoms with Crippen LogP contribution in [0.25, 0.3) is 15.2 Å². The fourth-order valence-corrected chi connectivity index (χ4v) is 3.43. The SMILES string of the molecule is CCOC(=O)c1cn2c(n1)sc1c(OC)c(Cl)ccc12. The molecule has 3 rings (SSSR count). The van der Waals surface area contributed by atoms with Gasteiger partial charge in [-0.3, -0.25) is 4.40 Å². The molecule has 0 aliphatic carbocycles. The van der Waals surface area contributed by atoms with Crippen molar-refractivity contribution in [3.8, 4) is 5.75 Å². The van der Waals surface area contributed by atoms with E-state index in [1.807, 2.05) is 10.5 Å². The van der Waals surface area contributed by atoms with Crippen molar-refractivity contribution >= 4 is 44.1 Å². The molecule has 0 saturated heterocycles. The van der Waals surface area contributed by atoms with E-state index in [0.717, 1.165) is 10.2 Å². The van der Waals surface area contributed by atoms with E-state index in [2.05, 4.69) is 4.98 Å². The third-order valence-corrected chi connectivity index (χ3v) is 4.23. The van der Waals surface area contributed by atoms with E-state index >= 15 is 0 Å². The highest BCUT2D eigenvalue weighted by Crippen LogP contribution is 2.38. The van der Waals surface area contributed by atoms with Gasteiger partial charge in [-0.2, -0.15) is 0 Å². The predicted molar refractivity (Wildman–Crippen MR) is 78.1 cm³/mol. The van der Waals surface area contributed by atoms with Crippen molar-refractivity contribution in [1.82, 2.24) is 9.38 Å². The largest absolute Gasteiger partial charge is 0.494 e. The van der Waals surface area contributed by atoms with Crippen molar-refractivity contribution in [3.63, 3.8) is 0 Å². The molecule has 0 spiro atoms. The van der Waals surface area contributed by atoms with E-state index < -0.39 is 5.97 Å². The normalized spacial score (nSPS) is 11.2. The number of imidazole rings is 1. The van der Waals surface area contributed by atoms with Crippen LogP contribution >= 0.6 is 22.9 Å². The molecule has 2 aromatic heterocycles. The van der Waals surface area contributed by atoms with Crippen molar-refractivity contribution in [2.75, 3.05) is 13.7 Å². The number of fused-ring (bicyclic) bond motifs is 3. The molecule has 0 aliphatic heterocycles. The molecule has 0 unspecified atom stereocenters. The molecular weight excluding hydrogens is 300 g/mol. The summed E-state index contributed by atoms with van der Waals surface area (Å²) in [6.07, 6.45) is 1.67. The predicted octanol–water partition coefficient (Wildman–Crippen LogP) is 3.39. The first-order chi connectivity index (χ1) is 9.65. The fraction of sp³-hybridized carbons (Fsp3) is 0.231. The Labute approximate surface area is 123 Å². The minimum absolute atomic E-state index is 0.300. The maximum atomic E-state index is 11.7. The first-order valence-corrected chi connectivity index (χ1v) is 7.16. The molecule has 0 fully saturated rings. The van der Waals surface area contributed by atoms with Crippen LogP contribution in [-0.2, 0) is 4.74 Å².